The standard InChI is InChI=1S/C15H20N2O2/c1-8-7-12(14(18)16-9(8)2)15(19)17-13(10-3-4-10)11-5-6-11/h7,10-11,13H,3-6H2,1-2H3,(H,16,18)(H,17,19). The molecular formula is C15H20N2O2. The molecule has 1 aromatic rings. The predicted molar refractivity (Wildman–Crippen MR) is 73.2 cm³/mol. The van der Waals surface area contributed by atoms with E-state index < -0.39 is 0 Å². The number of H-pyrrole nitrogens is 1. The summed E-state index contributed by atoms with van der Waals surface area (Å²) in [6.07, 6.45) is 4.85. The molecule has 2 saturated carbocycles. The fourth-order valence-electron chi connectivity index (χ4n) is 2.66. The fourth-order valence-corrected chi connectivity index (χ4v) is 2.66. The topological polar surface area (TPSA) is 62.0 Å². The molecule has 0 aromatic carbocycles. The van der Waals surface area contributed by atoms with Crippen LogP contribution >= 0.6 is 0 Å². The first-order valence-electron chi connectivity index (χ1n) is 7.07. The molecule has 4 heteroatoms. The number of pyridine rings is 1. The first-order chi connectivity index (χ1) is 9.06. The Morgan fingerprint density at radius 3 is 2.37 bits per heavy atom. The Morgan fingerprint density at radius 2 is 1.84 bits per heavy atom. The van der Waals surface area contributed by atoms with E-state index in [9.17, 15) is 9.59 Å². The molecule has 2 fully saturated rings. The van der Waals surface area contributed by atoms with Gasteiger partial charge in [-0.1, -0.05) is 0 Å². The lowest BCUT2D eigenvalue weighted by molar-refractivity contribution is 0.0924. The zero-order valence-corrected chi connectivity index (χ0v) is 11.5. The molecule has 0 saturated heterocycles. The highest BCUT2D eigenvalue weighted by Gasteiger charge is 2.42. The molecule has 2 N–H and O–H groups in total. The van der Waals surface area contributed by atoms with Crippen molar-refractivity contribution in [3.8, 4) is 0 Å². The summed E-state index contributed by atoms with van der Waals surface area (Å²) in [5.41, 5.74) is 1.72. The number of aromatic amines is 1. The summed E-state index contributed by atoms with van der Waals surface area (Å²) in [7, 11) is 0. The van der Waals surface area contributed by atoms with Crippen molar-refractivity contribution in [2.75, 3.05) is 0 Å². The van der Waals surface area contributed by atoms with E-state index in [1.165, 1.54) is 25.7 Å². The van der Waals surface area contributed by atoms with Gasteiger partial charge >= 0.3 is 0 Å². The lowest BCUT2D eigenvalue weighted by Gasteiger charge is -2.17. The van der Waals surface area contributed by atoms with Crippen LogP contribution in [0.3, 0.4) is 0 Å². The minimum Gasteiger partial charge on any atom is -0.349 e. The molecule has 0 bridgehead atoms. The summed E-state index contributed by atoms with van der Waals surface area (Å²) in [4.78, 5) is 26.9. The van der Waals surface area contributed by atoms with E-state index >= 15 is 0 Å². The maximum Gasteiger partial charge on any atom is 0.261 e. The van der Waals surface area contributed by atoms with E-state index in [4.69, 9.17) is 0 Å². The van der Waals surface area contributed by atoms with Crippen LogP contribution in [-0.4, -0.2) is 16.9 Å². The van der Waals surface area contributed by atoms with E-state index in [-0.39, 0.29) is 23.1 Å². The number of amides is 1. The van der Waals surface area contributed by atoms with Gasteiger partial charge in [0.2, 0.25) is 0 Å². The van der Waals surface area contributed by atoms with E-state index in [1.54, 1.807) is 6.07 Å². The van der Waals surface area contributed by atoms with E-state index in [0.29, 0.717) is 11.8 Å². The van der Waals surface area contributed by atoms with Gasteiger partial charge in [0.25, 0.3) is 11.5 Å². The molecule has 1 amide bonds. The molecule has 0 aliphatic heterocycles. The maximum absolute atomic E-state index is 12.3. The Labute approximate surface area is 112 Å². The average Bonchev–Trinajstić information content (AvgIpc) is 3.24. The Kier molecular flexibility index (Phi) is 2.96. The number of nitrogens with one attached hydrogen (secondary N) is 2. The quantitative estimate of drug-likeness (QED) is 0.868. The number of carbonyl (C=O) groups excluding carboxylic acids is 1. The van der Waals surface area contributed by atoms with Crippen LogP contribution in [0.2, 0.25) is 0 Å². The van der Waals surface area contributed by atoms with Crippen molar-refractivity contribution in [2.45, 2.75) is 45.6 Å². The summed E-state index contributed by atoms with van der Waals surface area (Å²) < 4.78 is 0. The maximum atomic E-state index is 12.3. The molecule has 2 aliphatic carbocycles. The van der Waals surface area contributed by atoms with Gasteiger partial charge in [0.1, 0.15) is 5.56 Å². The van der Waals surface area contributed by atoms with E-state index in [2.05, 4.69) is 10.3 Å². The second-order valence-corrected chi connectivity index (χ2v) is 5.99. The number of rotatable bonds is 4. The van der Waals surface area contributed by atoms with Crippen LogP contribution < -0.4 is 10.9 Å². The summed E-state index contributed by atoms with van der Waals surface area (Å²) in [5.74, 6) is 1.07. The van der Waals surface area contributed by atoms with Crippen molar-refractivity contribution < 1.29 is 4.79 Å². The van der Waals surface area contributed by atoms with Gasteiger partial charge in [-0.05, 0) is 63.0 Å². The molecule has 2 aliphatic rings. The van der Waals surface area contributed by atoms with Crippen molar-refractivity contribution in [2.24, 2.45) is 11.8 Å². The Balaban J connectivity index is 1.79. The molecular weight excluding hydrogens is 240 g/mol. The normalized spacial score (nSPS) is 18.7. The third-order valence-corrected chi connectivity index (χ3v) is 4.30. The van der Waals surface area contributed by atoms with Crippen molar-refractivity contribution in [1.82, 2.24) is 10.3 Å². The molecule has 3 rings (SSSR count). The first-order valence-corrected chi connectivity index (χ1v) is 7.07. The average molecular weight is 260 g/mol. The number of aromatic nitrogens is 1. The van der Waals surface area contributed by atoms with Crippen LogP contribution in [0.1, 0.15) is 47.3 Å². The second kappa shape index (κ2) is 4.51. The molecule has 102 valence electrons. The molecule has 1 heterocycles. The summed E-state index contributed by atoms with van der Waals surface area (Å²) in [5, 5.41) is 3.09. The van der Waals surface area contributed by atoms with Crippen LogP contribution in [0.25, 0.3) is 0 Å². The van der Waals surface area contributed by atoms with Gasteiger partial charge in [0.15, 0.2) is 0 Å². The van der Waals surface area contributed by atoms with Gasteiger partial charge in [-0.25, -0.2) is 0 Å². The smallest absolute Gasteiger partial charge is 0.261 e. The largest absolute Gasteiger partial charge is 0.349 e. The van der Waals surface area contributed by atoms with Gasteiger partial charge in [-0.15, -0.1) is 0 Å². The molecule has 0 atom stereocenters. The molecule has 19 heavy (non-hydrogen) atoms. The lowest BCUT2D eigenvalue weighted by atomic mass is 10.1. The van der Waals surface area contributed by atoms with E-state index in [0.717, 1.165) is 11.3 Å². The van der Waals surface area contributed by atoms with Crippen LogP contribution in [0.5, 0.6) is 0 Å². The van der Waals surface area contributed by atoms with Gasteiger partial charge in [-0.3, -0.25) is 9.59 Å². The van der Waals surface area contributed by atoms with Crippen molar-refractivity contribution >= 4 is 5.91 Å². The van der Waals surface area contributed by atoms with Crippen molar-refractivity contribution in [3.05, 3.63) is 33.2 Å². The Morgan fingerprint density at radius 1 is 1.26 bits per heavy atom. The minimum atomic E-state index is -0.286. The number of hydrogen-bond donors (Lipinski definition) is 2. The SMILES string of the molecule is Cc1cc(C(=O)NC(C2CC2)C2CC2)c(=O)[nH]c1C. The van der Waals surface area contributed by atoms with Crippen molar-refractivity contribution in [3.63, 3.8) is 0 Å². The monoisotopic (exact) mass is 260 g/mol. The molecule has 0 spiro atoms. The highest BCUT2D eigenvalue weighted by molar-refractivity contribution is 5.94. The number of aryl methyl sites for hydroxylation is 2. The van der Waals surface area contributed by atoms with Crippen molar-refractivity contribution in [1.29, 1.82) is 0 Å². The van der Waals surface area contributed by atoms with Gasteiger partial charge < -0.3 is 10.3 Å². The van der Waals surface area contributed by atoms with Crippen LogP contribution in [0, 0.1) is 25.7 Å². The summed E-state index contributed by atoms with van der Waals surface area (Å²) in [6.45, 7) is 3.75. The van der Waals surface area contributed by atoms with Gasteiger partial charge in [0.05, 0.1) is 0 Å². The summed E-state index contributed by atoms with van der Waals surface area (Å²) in [6, 6.07) is 1.98. The van der Waals surface area contributed by atoms with E-state index in [1.807, 2.05) is 13.8 Å². The fraction of sp³-hybridized carbons (Fsp3) is 0.600. The zero-order valence-electron chi connectivity index (χ0n) is 11.5. The van der Waals surface area contributed by atoms with Crippen LogP contribution in [0.15, 0.2) is 10.9 Å². The van der Waals surface area contributed by atoms with Gasteiger partial charge in [0, 0.05) is 11.7 Å². The zero-order chi connectivity index (χ0) is 13.6. The number of carbonyl (C=O) groups is 1. The second-order valence-electron chi connectivity index (χ2n) is 5.99. The molecule has 0 unspecified atom stereocenters. The highest BCUT2D eigenvalue weighted by Crippen LogP contribution is 2.44. The van der Waals surface area contributed by atoms with Crippen LogP contribution in [-0.2, 0) is 0 Å². The Bertz CT molecular complexity index is 556. The third kappa shape index (κ3) is 2.57. The molecule has 4 nitrogen and oxygen atoms in total. The Hall–Kier alpha value is -1.58. The minimum absolute atomic E-state index is 0.215. The van der Waals surface area contributed by atoms with Gasteiger partial charge in [-0.2, -0.15) is 0 Å². The lowest BCUT2D eigenvalue weighted by Crippen LogP contribution is -2.40. The summed E-state index contributed by atoms with van der Waals surface area (Å²) >= 11 is 0. The third-order valence-electron chi connectivity index (χ3n) is 4.30. The predicted octanol–water partition coefficient (Wildman–Crippen LogP) is 1.91. The first kappa shape index (κ1) is 12.5. The highest BCUT2D eigenvalue weighted by atomic mass is 16.2. The number of hydrogen-bond acceptors (Lipinski definition) is 2. The van der Waals surface area contributed by atoms with Crippen LogP contribution in [0.4, 0.5) is 0 Å². The molecule has 1 aromatic heterocycles. The molecule has 0 radical (unpaired) electrons.